The summed E-state index contributed by atoms with van der Waals surface area (Å²) in [7, 11) is -5.39. The number of hydrogen-bond donors (Lipinski definition) is 3. The fraction of sp³-hybridized carbons (Fsp3) is 1.00. The quantitative estimate of drug-likeness (QED) is 0.634. The van der Waals surface area contributed by atoms with E-state index < -0.39 is 7.82 Å². The molecule has 0 bridgehead atoms. The van der Waals surface area contributed by atoms with Gasteiger partial charge in [-0.25, -0.2) is 0 Å². The third-order valence-electron chi connectivity index (χ3n) is 3.31. The van der Waals surface area contributed by atoms with Crippen LogP contribution in [0.25, 0.3) is 0 Å². The van der Waals surface area contributed by atoms with Crippen LogP contribution in [0, 0.1) is 5.41 Å². The molecule has 0 rings (SSSR count). The van der Waals surface area contributed by atoms with Gasteiger partial charge in [0.05, 0.1) is 0 Å². The minimum absolute atomic E-state index is 0. The van der Waals surface area contributed by atoms with Crippen molar-refractivity contribution in [2.24, 2.45) is 5.41 Å². The Morgan fingerprint density at radius 1 is 0.842 bits per heavy atom. The predicted molar refractivity (Wildman–Crippen MR) is 78.4 cm³/mol. The minimum Gasteiger partial charge on any atom is -0.822 e. The molecule has 0 aliphatic heterocycles. The highest BCUT2D eigenvalue weighted by atomic mass is 31.2. The second-order valence-corrected chi connectivity index (χ2v) is 5.01. The second kappa shape index (κ2) is 16.0. The van der Waals surface area contributed by atoms with E-state index in [0.717, 1.165) is 0 Å². The van der Waals surface area contributed by atoms with Crippen molar-refractivity contribution in [3.05, 3.63) is 0 Å². The molecule has 0 saturated carbocycles. The van der Waals surface area contributed by atoms with Crippen molar-refractivity contribution in [3.63, 3.8) is 0 Å². The zero-order valence-electron chi connectivity index (χ0n) is 13.8. The minimum atomic E-state index is -5.39. The highest BCUT2D eigenvalue weighted by Crippen LogP contribution is 2.35. The van der Waals surface area contributed by atoms with Crippen molar-refractivity contribution in [1.29, 1.82) is 0 Å². The Kier molecular flexibility index (Phi) is 26.5. The fourth-order valence-electron chi connectivity index (χ4n) is 1.83. The van der Waals surface area contributed by atoms with Crippen LogP contribution >= 0.6 is 7.82 Å². The lowest BCUT2D eigenvalue weighted by atomic mass is 9.76. The molecular formula is C11H36N3O4P. The molecule has 0 aliphatic carbocycles. The maximum absolute atomic E-state index is 8.55. The Balaban J connectivity index is -0.0000000717. The number of phosphoric acid groups is 1. The highest BCUT2D eigenvalue weighted by Gasteiger charge is 2.22. The number of quaternary nitrogens is 3. The molecule has 0 heterocycles. The van der Waals surface area contributed by atoms with E-state index in [1.807, 2.05) is 0 Å². The number of hydrogen-bond acceptors (Lipinski definition) is 4. The Labute approximate surface area is 118 Å². The van der Waals surface area contributed by atoms with Crippen LogP contribution in [-0.4, -0.2) is 0 Å². The van der Waals surface area contributed by atoms with Gasteiger partial charge in [-0.3, -0.25) is 0 Å². The molecule has 124 valence electrons. The van der Waals surface area contributed by atoms with Gasteiger partial charge >= 0.3 is 0 Å². The summed E-state index contributed by atoms with van der Waals surface area (Å²) in [6.07, 6.45) is 8.28. The van der Waals surface area contributed by atoms with E-state index in [0.29, 0.717) is 5.41 Å². The van der Waals surface area contributed by atoms with Gasteiger partial charge in [-0.1, -0.05) is 59.8 Å². The van der Waals surface area contributed by atoms with Crippen LogP contribution in [-0.2, 0) is 4.57 Å². The summed E-state index contributed by atoms with van der Waals surface area (Å²) < 4.78 is 8.55. The molecule has 8 heteroatoms. The molecule has 0 spiro atoms. The summed E-state index contributed by atoms with van der Waals surface area (Å²) in [5.74, 6) is 0. The van der Waals surface area contributed by atoms with Gasteiger partial charge in [-0.2, -0.15) is 7.82 Å². The van der Waals surface area contributed by atoms with Crippen LogP contribution in [0.5, 0.6) is 0 Å². The van der Waals surface area contributed by atoms with Crippen LogP contribution in [0.15, 0.2) is 0 Å². The summed E-state index contributed by atoms with van der Waals surface area (Å²) in [5, 5.41) is 0. The molecule has 0 unspecified atom stereocenters. The Morgan fingerprint density at radius 3 is 1.26 bits per heavy atom. The van der Waals surface area contributed by atoms with E-state index in [1.54, 1.807) is 0 Å². The molecule has 0 aliphatic rings. The molecular weight excluding hydrogens is 269 g/mol. The predicted octanol–water partition coefficient (Wildman–Crippen LogP) is 2.70. The highest BCUT2D eigenvalue weighted by molar-refractivity contribution is 7.40. The molecule has 0 radical (unpaired) electrons. The zero-order chi connectivity index (χ0) is 13.2. The fourth-order valence-corrected chi connectivity index (χ4v) is 1.83. The van der Waals surface area contributed by atoms with E-state index in [1.165, 1.54) is 38.5 Å². The molecule has 0 fully saturated rings. The second-order valence-electron chi connectivity index (χ2n) is 4.11. The van der Waals surface area contributed by atoms with E-state index in [4.69, 9.17) is 19.2 Å². The van der Waals surface area contributed by atoms with Gasteiger partial charge in [0.15, 0.2) is 0 Å². The van der Waals surface area contributed by atoms with Crippen molar-refractivity contribution in [2.75, 3.05) is 0 Å². The summed E-state index contributed by atoms with van der Waals surface area (Å²) >= 11 is 0. The first kappa shape index (κ1) is 31.4. The van der Waals surface area contributed by atoms with Crippen LogP contribution in [0.2, 0.25) is 0 Å². The first-order valence-electron chi connectivity index (χ1n) is 5.97. The zero-order valence-corrected chi connectivity index (χ0v) is 14.7. The summed E-state index contributed by atoms with van der Waals surface area (Å²) in [5.41, 5.74) is 0.677. The SMILES string of the molecule is CCCCC(CC)(CC)CC.O=P([O-])([O-])[O-].[NH4+].[NH4+].[NH4+]. The van der Waals surface area contributed by atoms with E-state index in [2.05, 4.69) is 27.7 Å². The van der Waals surface area contributed by atoms with Crippen molar-refractivity contribution >= 4 is 7.82 Å². The van der Waals surface area contributed by atoms with Gasteiger partial charge in [-0.05, 0) is 11.8 Å². The maximum Gasteiger partial charge on any atom is -0.0305 e. The Morgan fingerprint density at radius 2 is 1.11 bits per heavy atom. The van der Waals surface area contributed by atoms with Crippen molar-refractivity contribution in [3.8, 4) is 0 Å². The van der Waals surface area contributed by atoms with E-state index >= 15 is 0 Å². The van der Waals surface area contributed by atoms with Crippen molar-refractivity contribution in [2.45, 2.75) is 66.2 Å². The average molecular weight is 305 g/mol. The topological polar surface area (TPSA) is 196 Å². The largest absolute Gasteiger partial charge is 0.822 e. The lowest BCUT2D eigenvalue weighted by Gasteiger charge is -2.36. The lowest BCUT2D eigenvalue weighted by molar-refractivity contribution is -0.432. The number of unbranched alkanes of at least 4 members (excludes halogenated alkanes) is 1. The van der Waals surface area contributed by atoms with Gasteiger partial charge < -0.3 is 37.7 Å². The summed E-state index contributed by atoms with van der Waals surface area (Å²) in [4.78, 5) is 25.6. The molecule has 0 saturated heterocycles. The third kappa shape index (κ3) is 23.5. The lowest BCUT2D eigenvalue weighted by Crippen LogP contribution is -2.24. The molecule has 19 heavy (non-hydrogen) atoms. The standard InChI is InChI=1S/C11H24.3H3N.H3O4P/c1-5-9-10-11(6-2,7-3)8-4;;;;1-5(2,3)4/h5-10H2,1-4H3;3*1H3;(H3,1,2,3,4). The molecule has 7 nitrogen and oxygen atoms in total. The van der Waals surface area contributed by atoms with Crippen molar-refractivity contribution < 1.29 is 19.2 Å². The van der Waals surface area contributed by atoms with Crippen LogP contribution in [0.3, 0.4) is 0 Å². The smallest absolute Gasteiger partial charge is 0.0305 e. The van der Waals surface area contributed by atoms with Gasteiger partial charge in [-0.15, -0.1) is 0 Å². The van der Waals surface area contributed by atoms with Crippen LogP contribution in [0.4, 0.5) is 0 Å². The normalized spacial score (nSPS) is 10.1. The first-order valence-corrected chi connectivity index (χ1v) is 7.43. The van der Waals surface area contributed by atoms with Crippen LogP contribution in [0.1, 0.15) is 66.2 Å². The Hall–Kier alpha value is -0.0100. The third-order valence-corrected chi connectivity index (χ3v) is 3.31. The Bertz CT molecular complexity index is 192. The van der Waals surface area contributed by atoms with Crippen LogP contribution < -0.4 is 33.1 Å². The van der Waals surface area contributed by atoms with Crippen molar-refractivity contribution in [1.82, 2.24) is 18.5 Å². The van der Waals surface area contributed by atoms with Gasteiger partial charge in [0.1, 0.15) is 0 Å². The van der Waals surface area contributed by atoms with Gasteiger partial charge in [0.25, 0.3) is 0 Å². The summed E-state index contributed by atoms with van der Waals surface area (Å²) in [6.45, 7) is 9.29. The molecule has 0 aromatic rings. The molecule has 0 amide bonds. The monoisotopic (exact) mass is 305 g/mol. The van der Waals surface area contributed by atoms with E-state index in [-0.39, 0.29) is 18.5 Å². The van der Waals surface area contributed by atoms with E-state index in [9.17, 15) is 0 Å². The molecule has 0 aromatic carbocycles. The molecule has 0 aromatic heterocycles. The molecule has 12 N–H and O–H groups in total. The number of rotatable bonds is 6. The summed E-state index contributed by atoms with van der Waals surface area (Å²) in [6, 6.07) is 0. The maximum atomic E-state index is 8.55. The molecule has 0 atom stereocenters. The average Bonchev–Trinajstić information content (AvgIpc) is 2.19. The van der Waals surface area contributed by atoms with Gasteiger partial charge in [0.2, 0.25) is 0 Å². The first-order chi connectivity index (χ1) is 7.24. The van der Waals surface area contributed by atoms with Gasteiger partial charge in [0, 0.05) is 0 Å².